The van der Waals surface area contributed by atoms with Crippen LogP contribution in [0.1, 0.15) is 64.4 Å². The molecule has 180 valence electrons. The molecule has 0 spiro atoms. The Balaban J connectivity index is 0.000000533. The Kier molecular flexibility index (Phi) is 18.2. The first-order valence-corrected chi connectivity index (χ1v) is 12.5. The summed E-state index contributed by atoms with van der Waals surface area (Å²) in [6.45, 7) is 10.4. The second kappa shape index (κ2) is 18.7. The molecule has 1 amide bonds. The minimum absolute atomic E-state index is 0.622. The summed E-state index contributed by atoms with van der Waals surface area (Å²) in [5.74, 6) is 0.996. The predicted molar refractivity (Wildman–Crippen MR) is 137 cm³/mol. The fourth-order valence-electron chi connectivity index (χ4n) is 3.68. The number of benzene rings is 1. The zero-order chi connectivity index (χ0) is 23.6. The van der Waals surface area contributed by atoms with Gasteiger partial charge in [-0.25, -0.2) is 0 Å². The van der Waals surface area contributed by atoms with Gasteiger partial charge in [-0.05, 0) is 96.1 Å². The van der Waals surface area contributed by atoms with Crippen molar-refractivity contribution >= 4 is 29.6 Å². The van der Waals surface area contributed by atoms with Crippen LogP contribution < -0.4 is 5.32 Å². The van der Waals surface area contributed by atoms with Crippen LogP contribution in [0.4, 0.5) is 0 Å². The lowest BCUT2D eigenvalue weighted by Crippen LogP contribution is -2.32. The number of aryl methyl sites for hydroxylation is 1. The number of hydrogen-bond donors (Lipinski definition) is 1. The van der Waals surface area contributed by atoms with Gasteiger partial charge in [0.15, 0.2) is 0 Å². The largest absolute Gasteiger partial charge is 0.351 e. The van der Waals surface area contributed by atoms with Gasteiger partial charge in [0.25, 0.3) is 0 Å². The monoisotopic (exact) mass is 473 g/mol. The number of nitrogens with zero attached hydrogens (tertiary/aromatic N) is 2. The number of rotatable bonds is 9. The Labute approximate surface area is 201 Å². The third-order valence-electron chi connectivity index (χ3n) is 5.54. The molecule has 1 aromatic rings. The second-order valence-corrected chi connectivity index (χ2v) is 9.36. The van der Waals surface area contributed by atoms with E-state index in [4.69, 9.17) is 23.2 Å². The smallest absolute Gasteiger partial charge is 0.209 e. The fraction of sp³-hybridized carbons (Fsp3) is 0.720. The maximum absolute atomic E-state index is 9.43. The first kappa shape index (κ1) is 30.2. The van der Waals surface area contributed by atoms with E-state index in [9.17, 15) is 4.79 Å². The van der Waals surface area contributed by atoms with Crippen molar-refractivity contribution in [3.8, 4) is 0 Å². The first-order valence-electron chi connectivity index (χ1n) is 11.7. The molecule has 1 fully saturated rings. The minimum atomic E-state index is 0.622. The Hall–Kier alpha value is -0.810. The zero-order valence-electron chi connectivity index (χ0n) is 20.6. The van der Waals surface area contributed by atoms with Gasteiger partial charge in [0.05, 0.1) is 10.0 Å². The molecule has 1 aromatic carbocycles. The Morgan fingerprint density at radius 3 is 1.97 bits per heavy atom. The van der Waals surface area contributed by atoms with Crippen LogP contribution in [0, 0.1) is 12.8 Å². The lowest BCUT2D eigenvalue weighted by Gasteiger charge is -2.30. The lowest BCUT2D eigenvalue weighted by atomic mass is 9.84. The molecule has 1 aliphatic carbocycles. The first-order chi connectivity index (χ1) is 14.8. The molecule has 0 bridgehead atoms. The van der Waals surface area contributed by atoms with E-state index < -0.39 is 0 Å². The van der Waals surface area contributed by atoms with Gasteiger partial charge in [-0.2, -0.15) is 0 Å². The highest BCUT2D eigenvalue weighted by Gasteiger charge is 2.20. The van der Waals surface area contributed by atoms with Crippen LogP contribution >= 0.6 is 23.2 Å². The number of nitrogens with one attached hydrogen (secondary N) is 1. The molecule has 1 saturated carbocycles. The minimum Gasteiger partial charge on any atom is -0.351 e. The third kappa shape index (κ3) is 14.8. The van der Waals surface area contributed by atoms with Gasteiger partial charge >= 0.3 is 0 Å². The number of carbonyl (C=O) groups excluding carboxylic acids is 1. The van der Waals surface area contributed by atoms with Gasteiger partial charge in [0.1, 0.15) is 0 Å². The highest BCUT2D eigenvalue weighted by molar-refractivity contribution is 6.42. The summed E-state index contributed by atoms with van der Waals surface area (Å²) in [6, 6.07) is 6.38. The van der Waals surface area contributed by atoms with Crippen LogP contribution in [0.5, 0.6) is 0 Å². The van der Waals surface area contributed by atoms with E-state index in [0.29, 0.717) is 10.0 Å². The van der Waals surface area contributed by atoms with Crippen LogP contribution in [0.25, 0.3) is 0 Å². The van der Waals surface area contributed by atoms with E-state index in [1.54, 1.807) is 20.2 Å². The van der Waals surface area contributed by atoms with Gasteiger partial charge in [0.2, 0.25) is 6.41 Å². The number of carbonyl (C=O) groups is 1. The molecule has 0 saturated heterocycles. The maximum Gasteiger partial charge on any atom is 0.209 e. The average molecular weight is 475 g/mol. The van der Waals surface area contributed by atoms with Crippen molar-refractivity contribution < 1.29 is 4.79 Å². The van der Waals surface area contributed by atoms with Crippen LogP contribution in [0.3, 0.4) is 0 Å². The van der Waals surface area contributed by atoms with Crippen LogP contribution in [0.15, 0.2) is 18.2 Å². The van der Waals surface area contributed by atoms with Crippen LogP contribution in [0.2, 0.25) is 10.0 Å². The molecule has 0 unspecified atom stereocenters. The molecular formula is C25H45Cl2N3O. The molecule has 4 nitrogen and oxygen atoms in total. The van der Waals surface area contributed by atoms with Gasteiger partial charge in [0, 0.05) is 20.1 Å². The molecule has 0 aromatic heterocycles. The number of hydrogen-bond acceptors (Lipinski definition) is 3. The predicted octanol–water partition coefficient (Wildman–Crippen LogP) is 6.28. The van der Waals surface area contributed by atoms with E-state index in [1.165, 1.54) is 69.5 Å². The van der Waals surface area contributed by atoms with Gasteiger partial charge < -0.3 is 15.1 Å². The third-order valence-corrected chi connectivity index (χ3v) is 6.46. The summed E-state index contributed by atoms with van der Waals surface area (Å²) in [7, 11) is 5.48. The Bertz CT molecular complexity index is 550. The van der Waals surface area contributed by atoms with Crippen molar-refractivity contribution in [3.05, 3.63) is 33.8 Å². The molecule has 1 N–H and O–H groups in total. The zero-order valence-corrected chi connectivity index (χ0v) is 22.1. The molecule has 0 heterocycles. The van der Waals surface area contributed by atoms with Crippen molar-refractivity contribution in [1.82, 2.24) is 15.1 Å². The molecule has 1 aliphatic rings. The van der Waals surface area contributed by atoms with Crippen LogP contribution in [-0.4, -0.2) is 63.0 Å². The summed E-state index contributed by atoms with van der Waals surface area (Å²) in [5, 5.41) is 4.69. The number of halogens is 2. The highest BCUT2D eigenvalue weighted by atomic mass is 35.5. The molecule has 31 heavy (non-hydrogen) atoms. The second-order valence-electron chi connectivity index (χ2n) is 8.58. The normalized spacial score (nSPS) is 17.8. The van der Waals surface area contributed by atoms with Gasteiger partial charge in [-0.15, -0.1) is 0 Å². The average Bonchev–Trinajstić information content (AvgIpc) is 2.77. The van der Waals surface area contributed by atoms with Crippen LogP contribution in [-0.2, 0) is 4.79 Å². The Morgan fingerprint density at radius 2 is 1.58 bits per heavy atom. The summed E-state index contributed by atoms with van der Waals surface area (Å²) in [5.41, 5.74) is 1.02. The topological polar surface area (TPSA) is 35.6 Å². The van der Waals surface area contributed by atoms with Gasteiger partial charge in [-0.3, -0.25) is 4.79 Å². The molecule has 0 atom stereocenters. The summed E-state index contributed by atoms with van der Waals surface area (Å²) >= 11 is 11.4. The van der Waals surface area contributed by atoms with E-state index >= 15 is 0 Å². The van der Waals surface area contributed by atoms with Crippen molar-refractivity contribution in [3.63, 3.8) is 0 Å². The molecule has 2 rings (SSSR count). The van der Waals surface area contributed by atoms with Crippen molar-refractivity contribution in [1.29, 1.82) is 0 Å². The van der Waals surface area contributed by atoms with E-state index in [1.807, 2.05) is 19.1 Å². The molecule has 6 heteroatoms. The van der Waals surface area contributed by atoms with E-state index in [0.717, 1.165) is 23.9 Å². The molecular weight excluding hydrogens is 429 g/mol. The number of amides is 1. The molecule has 0 radical (unpaired) electrons. The summed E-state index contributed by atoms with van der Waals surface area (Å²) < 4.78 is 0. The van der Waals surface area contributed by atoms with Gasteiger partial charge in [-0.1, -0.05) is 49.2 Å². The highest BCUT2D eigenvalue weighted by Crippen LogP contribution is 2.27. The summed E-state index contributed by atoms with van der Waals surface area (Å²) in [4.78, 5) is 13.5. The van der Waals surface area contributed by atoms with Crippen molar-refractivity contribution in [2.45, 2.75) is 71.8 Å². The quantitative estimate of drug-likeness (QED) is 0.428. The standard InChI is InChI=1S/C15H32N2.C7H6Cl2.C3H7NO/c1-4-11-17(12-5-2)13-10-14-6-8-15(16-3)9-7-14;1-5-3-2-4-6(8)7(5)9;1-4(2)3-5/h14-16H,4-13H2,1-3H3;2-4H,1H3;3H,1-2H3. The van der Waals surface area contributed by atoms with E-state index in [2.05, 4.69) is 31.1 Å². The fourth-order valence-corrected chi connectivity index (χ4v) is 4.03. The Morgan fingerprint density at radius 1 is 1.03 bits per heavy atom. The van der Waals surface area contributed by atoms with Crippen molar-refractivity contribution in [2.75, 3.05) is 40.8 Å². The molecule has 0 aliphatic heterocycles. The lowest BCUT2D eigenvalue weighted by molar-refractivity contribution is -0.115. The summed E-state index contributed by atoms with van der Waals surface area (Å²) in [6.07, 6.45) is 10.4. The SMILES string of the molecule is CCCN(CCC)CCC1CCC(NC)CC1.CN(C)C=O.Cc1cccc(Cl)c1Cl. The van der Waals surface area contributed by atoms with E-state index in [-0.39, 0.29) is 0 Å². The van der Waals surface area contributed by atoms with Crippen molar-refractivity contribution in [2.24, 2.45) is 5.92 Å². The maximum atomic E-state index is 9.43.